The van der Waals surface area contributed by atoms with E-state index in [-0.39, 0.29) is 18.2 Å². The Hall–Kier alpha value is -3.35. The van der Waals surface area contributed by atoms with Crippen molar-refractivity contribution >= 4 is 17.9 Å². The van der Waals surface area contributed by atoms with Gasteiger partial charge in [-0.2, -0.15) is 0 Å². The highest BCUT2D eigenvalue weighted by Crippen LogP contribution is 2.26. The van der Waals surface area contributed by atoms with E-state index in [0.717, 1.165) is 47.9 Å². The molecule has 0 aromatic heterocycles. The predicted molar refractivity (Wildman–Crippen MR) is 156 cm³/mol. The van der Waals surface area contributed by atoms with Crippen molar-refractivity contribution in [1.82, 2.24) is 15.5 Å². The van der Waals surface area contributed by atoms with Gasteiger partial charge >= 0.3 is 6.09 Å². The number of alkyl carbamates (subject to hydrolysis) is 1. The van der Waals surface area contributed by atoms with Gasteiger partial charge in [-0.25, -0.2) is 4.79 Å². The lowest BCUT2D eigenvalue weighted by Crippen LogP contribution is -2.54. The Bertz CT molecular complexity index is 1060. The molecule has 0 saturated carbocycles. The molecule has 2 aromatic rings. The average molecular weight is 538 g/mol. The van der Waals surface area contributed by atoms with Crippen LogP contribution in [0.3, 0.4) is 0 Å². The molecule has 7 nitrogen and oxygen atoms in total. The molecule has 2 unspecified atom stereocenters. The summed E-state index contributed by atoms with van der Waals surface area (Å²) in [6, 6.07) is 13.8. The summed E-state index contributed by atoms with van der Waals surface area (Å²) < 4.78 is 5.51. The summed E-state index contributed by atoms with van der Waals surface area (Å²) in [5, 5.41) is 5.86. The maximum atomic E-state index is 14.3. The molecular weight excluding hydrogens is 490 g/mol. The van der Waals surface area contributed by atoms with Gasteiger partial charge in [0.2, 0.25) is 11.8 Å². The minimum atomic E-state index is -0.907. The van der Waals surface area contributed by atoms with Gasteiger partial charge in [-0.05, 0) is 58.6 Å². The molecule has 0 radical (unpaired) electrons. The van der Waals surface area contributed by atoms with Crippen molar-refractivity contribution in [2.24, 2.45) is 0 Å². The first kappa shape index (κ1) is 31.9. The van der Waals surface area contributed by atoms with Crippen LogP contribution < -0.4 is 10.6 Å². The molecule has 0 aliphatic carbocycles. The number of aryl methyl sites for hydroxylation is 2. The summed E-state index contributed by atoms with van der Waals surface area (Å²) in [4.78, 5) is 42.6. The summed E-state index contributed by atoms with van der Waals surface area (Å²) in [6.45, 7) is 14.4. The molecule has 0 spiro atoms. The van der Waals surface area contributed by atoms with E-state index in [1.165, 1.54) is 0 Å². The summed E-state index contributed by atoms with van der Waals surface area (Å²) in [6.07, 6.45) is 2.99. The highest BCUT2D eigenvalue weighted by Gasteiger charge is 2.36. The van der Waals surface area contributed by atoms with Gasteiger partial charge in [0.15, 0.2) is 0 Å². The summed E-state index contributed by atoms with van der Waals surface area (Å²) in [5.41, 5.74) is 2.99. The monoisotopic (exact) mass is 537 g/mol. The first-order valence-corrected chi connectivity index (χ1v) is 14.1. The van der Waals surface area contributed by atoms with E-state index in [4.69, 9.17) is 4.74 Å². The molecule has 3 amide bonds. The van der Waals surface area contributed by atoms with Gasteiger partial charge in [0, 0.05) is 19.5 Å². The van der Waals surface area contributed by atoms with Crippen LogP contribution in [0.5, 0.6) is 0 Å². The van der Waals surface area contributed by atoms with Gasteiger partial charge < -0.3 is 20.3 Å². The van der Waals surface area contributed by atoms with Gasteiger partial charge in [0.1, 0.15) is 17.7 Å². The molecule has 0 aliphatic rings. The third-order valence-corrected chi connectivity index (χ3v) is 6.26. The van der Waals surface area contributed by atoms with Gasteiger partial charge in [0.25, 0.3) is 0 Å². The number of hydrogen-bond acceptors (Lipinski definition) is 4. The number of carbonyl (C=O) groups excluding carboxylic acids is 3. The third-order valence-electron chi connectivity index (χ3n) is 6.26. The number of benzene rings is 2. The highest BCUT2D eigenvalue weighted by molar-refractivity contribution is 5.92. The molecule has 214 valence electrons. The lowest BCUT2D eigenvalue weighted by molar-refractivity contribution is -0.142. The molecule has 0 fully saturated rings. The van der Waals surface area contributed by atoms with Crippen LogP contribution in [0.2, 0.25) is 0 Å². The van der Waals surface area contributed by atoms with Crippen LogP contribution in [0.1, 0.15) is 88.6 Å². The molecule has 7 heteroatoms. The van der Waals surface area contributed by atoms with Crippen LogP contribution >= 0.6 is 0 Å². The van der Waals surface area contributed by atoms with E-state index < -0.39 is 23.8 Å². The Labute approximate surface area is 234 Å². The van der Waals surface area contributed by atoms with Crippen LogP contribution in [-0.4, -0.2) is 47.5 Å². The molecule has 0 aliphatic heterocycles. The molecule has 0 saturated heterocycles. The minimum Gasteiger partial charge on any atom is -0.444 e. The minimum absolute atomic E-state index is 0.214. The van der Waals surface area contributed by atoms with Crippen molar-refractivity contribution in [3.05, 3.63) is 70.8 Å². The second-order valence-corrected chi connectivity index (χ2v) is 11.2. The maximum absolute atomic E-state index is 14.3. The Kier molecular flexibility index (Phi) is 12.5. The van der Waals surface area contributed by atoms with E-state index >= 15 is 0 Å². The Morgan fingerprint density at radius 2 is 1.54 bits per heavy atom. The number of unbranched alkanes of at least 4 members (excludes halogenated alkanes) is 2. The number of ether oxygens (including phenoxy) is 1. The summed E-state index contributed by atoms with van der Waals surface area (Å²) in [7, 11) is 0. The van der Waals surface area contributed by atoms with Crippen molar-refractivity contribution in [2.75, 3.05) is 13.1 Å². The summed E-state index contributed by atoms with van der Waals surface area (Å²) >= 11 is 0. The van der Waals surface area contributed by atoms with Crippen molar-refractivity contribution in [3.63, 3.8) is 0 Å². The standard InChI is InChI=1S/C32H47N3O4/c1-8-10-17-33-29(36)28(26-20-23(3)19-24(4)21-26)35(18-11-9-2)30(37)27(22-25-15-13-12-14-16-25)34-31(38)39-32(5,6)7/h12-16,19-21,27-28H,8-11,17-18,22H2,1-7H3,(H,33,36)(H,34,38). The van der Waals surface area contributed by atoms with E-state index in [2.05, 4.69) is 30.5 Å². The lowest BCUT2D eigenvalue weighted by atomic mass is 9.97. The summed E-state index contributed by atoms with van der Waals surface area (Å²) in [5.74, 6) is -0.526. The molecule has 2 aromatic carbocycles. The van der Waals surface area contributed by atoms with Crippen molar-refractivity contribution in [3.8, 4) is 0 Å². The van der Waals surface area contributed by atoms with Crippen molar-refractivity contribution < 1.29 is 19.1 Å². The first-order chi connectivity index (χ1) is 18.4. The molecule has 2 rings (SSSR count). The Balaban J connectivity index is 2.54. The average Bonchev–Trinajstić information content (AvgIpc) is 2.84. The van der Waals surface area contributed by atoms with Gasteiger partial charge in [0.05, 0.1) is 0 Å². The van der Waals surface area contributed by atoms with E-state index in [1.807, 2.05) is 56.3 Å². The van der Waals surface area contributed by atoms with E-state index in [0.29, 0.717) is 13.1 Å². The van der Waals surface area contributed by atoms with E-state index in [9.17, 15) is 14.4 Å². The topological polar surface area (TPSA) is 87.7 Å². The van der Waals surface area contributed by atoms with Crippen LogP contribution in [0, 0.1) is 13.8 Å². The molecular formula is C32H47N3O4. The van der Waals surface area contributed by atoms with Crippen molar-refractivity contribution in [1.29, 1.82) is 0 Å². The number of nitrogens with one attached hydrogen (secondary N) is 2. The molecule has 2 N–H and O–H groups in total. The highest BCUT2D eigenvalue weighted by atomic mass is 16.6. The van der Waals surface area contributed by atoms with E-state index in [1.54, 1.807) is 25.7 Å². The van der Waals surface area contributed by atoms with Crippen LogP contribution in [0.15, 0.2) is 48.5 Å². The van der Waals surface area contributed by atoms with Crippen LogP contribution in [0.25, 0.3) is 0 Å². The van der Waals surface area contributed by atoms with Crippen molar-refractivity contribution in [2.45, 2.75) is 98.3 Å². The maximum Gasteiger partial charge on any atom is 0.408 e. The number of amides is 3. The number of nitrogens with zero attached hydrogens (tertiary/aromatic N) is 1. The number of rotatable bonds is 13. The SMILES string of the molecule is CCCCNC(=O)C(c1cc(C)cc(C)c1)N(CCCC)C(=O)C(Cc1ccccc1)NC(=O)OC(C)(C)C. The fraction of sp³-hybridized carbons (Fsp3) is 0.531. The van der Waals surface area contributed by atoms with Crippen LogP contribution in [0.4, 0.5) is 4.79 Å². The molecule has 39 heavy (non-hydrogen) atoms. The third kappa shape index (κ3) is 10.7. The van der Waals surface area contributed by atoms with Crippen LogP contribution in [-0.2, 0) is 20.7 Å². The second-order valence-electron chi connectivity index (χ2n) is 11.2. The second kappa shape index (κ2) is 15.3. The Morgan fingerprint density at radius 1 is 0.923 bits per heavy atom. The van der Waals surface area contributed by atoms with Gasteiger partial charge in [-0.3, -0.25) is 9.59 Å². The fourth-order valence-corrected chi connectivity index (χ4v) is 4.52. The lowest BCUT2D eigenvalue weighted by Gasteiger charge is -2.35. The molecule has 0 bridgehead atoms. The first-order valence-electron chi connectivity index (χ1n) is 14.1. The largest absolute Gasteiger partial charge is 0.444 e. The Morgan fingerprint density at radius 3 is 2.10 bits per heavy atom. The smallest absolute Gasteiger partial charge is 0.408 e. The van der Waals surface area contributed by atoms with Gasteiger partial charge in [-0.15, -0.1) is 0 Å². The molecule has 0 heterocycles. The van der Waals surface area contributed by atoms with Gasteiger partial charge in [-0.1, -0.05) is 86.3 Å². The predicted octanol–water partition coefficient (Wildman–Crippen LogP) is 6.03. The normalized spacial score (nSPS) is 12.8. The number of hydrogen-bond donors (Lipinski definition) is 2. The zero-order valence-corrected chi connectivity index (χ0v) is 24.8. The zero-order chi connectivity index (χ0) is 29.0. The quantitative estimate of drug-likeness (QED) is 0.306. The zero-order valence-electron chi connectivity index (χ0n) is 24.8. The molecule has 2 atom stereocenters. The number of carbonyl (C=O) groups is 3. The fourth-order valence-electron chi connectivity index (χ4n) is 4.52.